The average Bonchev–Trinajstić information content (AvgIpc) is 3.61. The minimum Gasteiger partial charge on any atom is -0.507 e. The topological polar surface area (TPSA) is 50.9 Å². The summed E-state index contributed by atoms with van der Waals surface area (Å²) in [5.74, 6) is 0.419. The van der Waals surface area contributed by atoms with Gasteiger partial charge in [0.25, 0.3) is 0 Å². The first kappa shape index (κ1) is 29.1. The Morgan fingerprint density at radius 2 is 1.38 bits per heavy atom. The van der Waals surface area contributed by atoms with Crippen LogP contribution in [0.25, 0.3) is 72.7 Å². The number of phenolic OH excluding ortho intramolecular Hbond substituents is 1. The molecule has 4 heteroatoms. The van der Waals surface area contributed by atoms with Crippen LogP contribution in [0.2, 0.25) is 0 Å². The summed E-state index contributed by atoms with van der Waals surface area (Å²) in [6, 6.07) is 40.9. The lowest BCUT2D eigenvalue weighted by molar-refractivity contribution is 0.472. The molecule has 0 aliphatic heterocycles. The van der Waals surface area contributed by atoms with E-state index in [0.29, 0.717) is 39.2 Å². The predicted octanol–water partition coefficient (Wildman–Crippen LogP) is 13.3. The van der Waals surface area contributed by atoms with Gasteiger partial charge in [0.05, 0.1) is 22.3 Å². The summed E-state index contributed by atoms with van der Waals surface area (Å²) in [7, 11) is 0. The van der Waals surface area contributed by atoms with E-state index >= 15 is 0 Å². The number of pyridine rings is 1. The molecular formula is C51H47N3O. The number of hydrogen-bond donors (Lipinski definition) is 1. The van der Waals surface area contributed by atoms with Crippen LogP contribution in [0.1, 0.15) is 62.4 Å². The van der Waals surface area contributed by atoms with Crippen LogP contribution in [0, 0.1) is 34.5 Å². The van der Waals surface area contributed by atoms with Gasteiger partial charge in [-0.25, -0.2) is 4.98 Å². The molecule has 2 heterocycles. The fourth-order valence-electron chi connectivity index (χ4n) is 7.38. The minimum absolute atomic E-state index is 0.0405. The average molecular weight is 724 g/mol. The summed E-state index contributed by atoms with van der Waals surface area (Å²) in [5, 5.41) is 11.7. The van der Waals surface area contributed by atoms with E-state index in [1.54, 1.807) is 30.3 Å². The molecule has 8 aromatic rings. The van der Waals surface area contributed by atoms with Crippen LogP contribution in [-0.4, -0.2) is 19.6 Å². The number of benzene rings is 6. The molecule has 0 bridgehead atoms. The summed E-state index contributed by atoms with van der Waals surface area (Å²) in [4.78, 5) is 10.2. The number of para-hydroxylation sites is 1. The fourth-order valence-corrected chi connectivity index (χ4v) is 7.38. The van der Waals surface area contributed by atoms with Gasteiger partial charge in [-0.15, -0.1) is 0 Å². The van der Waals surface area contributed by atoms with Gasteiger partial charge >= 0.3 is 0 Å². The second kappa shape index (κ2) is 13.9. The second-order valence-corrected chi connectivity index (χ2v) is 15.5. The third-order valence-corrected chi connectivity index (χ3v) is 10.4. The molecule has 0 saturated carbocycles. The summed E-state index contributed by atoms with van der Waals surface area (Å²) in [5.41, 5.74) is 11.7. The molecule has 0 spiro atoms. The van der Waals surface area contributed by atoms with Crippen LogP contribution in [0.5, 0.6) is 5.75 Å². The van der Waals surface area contributed by atoms with Gasteiger partial charge in [0, 0.05) is 31.2 Å². The number of hydrogen-bond acceptors (Lipinski definition) is 3. The Bertz CT molecular complexity index is 2960. The number of nitrogens with zero attached hydrogens (tertiary/aromatic N) is 3. The van der Waals surface area contributed by atoms with Gasteiger partial charge < -0.3 is 5.11 Å². The number of aryl methyl sites for hydroxylation is 4. The van der Waals surface area contributed by atoms with Crippen LogP contribution in [0.3, 0.4) is 0 Å². The first-order chi connectivity index (χ1) is 28.8. The predicted molar refractivity (Wildman–Crippen MR) is 230 cm³/mol. The molecule has 4 nitrogen and oxygen atoms in total. The highest BCUT2D eigenvalue weighted by Gasteiger charge is 2.24. The van der Waals surface area contributed by atoms with Crippen molar-refractivity contribution in [1.29, 1.82) is 0 Å². The Balaban J connectivity index is 1.44. The summed E-state index contributed by atoms with van der Waals surface area (Å²) in [6.07, 6.45) is 1.84. The van der Waals surface area contributed by atoms with Crippen LogP contribution in [-0.2, 0) is 5.41 Å². The van der Waals surface area contributed by atoms with E-state index in [4.69, 9.17) is 18.2 Å². The van der Waals surface area contributed by atoms with Crippen molar-refractivity contribution in [2.24, 2.45) is 0 Å². The van der Waals surface area contributed by atoms with E-state index in [0.717, 1.165) is 44.6 Å². The highest BCUT2D eigenvalue weighted by Crippen LogP contribution is 2.42. The zero-order valence-electron chi connectivity index (χ0n) is 38.0. The number of aromatic hydroxyl groups is 1. The lowest BCUT2D eigenvalue weighted by atomic mass is 9.83. The molecule has 0 aliphatic carbocycles. The van der Waals surface area contributed by atoms with E-state index in [1.165, 1.54) is 11.6 Å². The monoisotopic (exact) mass is 723 g/mol. The second-order valence-electron chi connectivity index (χ2n) is 15.5. The Hall–Kier alpha value is -6.26. The minimum atomic E-state index is -2.78. The van der Waals surface area contributed by atoms with Crippen molar-refractivity contribution in [1.82, 2.24) is 14.5 Å². The molecule has 0 radical (unpaired) electrons. The van der Waals surface area contributed by atoms with E-state index in [9.17, 15) is 5.11 Å². The molecule has 1 N–H and O–H groups in total. The van der Waals surface area contributed by atoms with E-state index in [1.807, 2.05) is 67.1 Å². The van der Waals surface area contributed by atoms with Gasteiger partial charge in [-0.2, -0.15) is 0 Å². The van der Waals surface area contributed by atoms with Crippen LogP contribution in [0.4, 0.5) is 0 Å². The van der Waals surface area contributed by atoms with E-state index in [2.05, 4.69) is 76.2 Å². The molecule has 0 atom stereocenters. The molecule has 2 aromatic heterocycles. The number of fused-ring (bicyclic) bond motifs is 1. The van der Waals surface area contributed by atoms with Crippen LogP contribution in [0.15, 0.2) is 134 Å². The summed E-state index contributed by atoms with van der Waals surface area (Å²) >= 11 is 0. The van der Waals surface area contributed by atoms with Gasteiger partial charge in [0.1, 0.15) is 11.6 Å². The third kappa shape index (κ3) is 6.74. The molecule has 6 aromatic carbocycles. The number of aromatic nitrogens is 3. The van der Waals surface area contributed by atoms with E-state index in [-0.39, 0.29) is 27.9 Å². The third-order valence-electron chi connectivity index (χ3n) is 10.4. The SMILES string of the molecule is [2H]C([2H])([2H])c1cc(-n2c(-c3cc(C)cc(C)c3O)nc3c(-c4cc(-c5cc(-c6ccc(C)cc6)ccn5)cc(C(C)(C)C)c4)cccc32)cc(-c2ccccc2)c1C([2H])([2H])[2H]. The Morgan fingerprint density at radius 1 is 0.600 bits per heavy atom. The van der Waals surface area contributed by atoms with Gasteiger partial charge in [-0.1, -0.05) is 105 Å². The van der Waals surface area contributed by atoms with Crippen molar-refractivity contribution in [3.05, 3.63) is 167 Å². The maximum Gasteiger partial charge on any atom is 0.149 e. The Morgan fingerprint density at radius 3 is 2.13 bits per heavy atom. The molecule has 0 saturated heterocycles. The lowest BCUT2D eigenvalue weighted by Crippen LogP contribution is -2.11. The number of phenols is 1. The largest absolute Gasteiger partial charge is 0.507 e. The quantitative estimate of drug-likeness (QED) is 0.186. The van der Waals surface area contributed by atoms with Gasteiger partial charge in [0.2, 0.25) is 0 Å². The van der Waals surface area contributed by atoms with Crippen molar-refractivity contribution in [3.63, 3.8) is 0 Å². The van der Waals surface area contributed by atoms with Crippen LogP contribution >= 0.6 is 0 Å². The molecular weight excluding hydrogens is 671 g/mol. The van der Waals surface area contributed by atoms with Crippen molar-refractivity contribution in [3.8, 4) is 67.5 Å². The molecule has 0 fully saturated rings. The molecule has 0 aliphatic rings. The Kier molecular flexibility index (Phi) is 7.34. The summed E-state index contributed by atoms with van der Waals surface area (Å²) in [6.45, 7) is 6.87. The molecule has 55 heavy (non-hydrogen) atoms. The van der Waals surface area contributed by atoms with Crippen molar-refractivity contribution in [2.45, 2.75) is 60.7 Å². The van der Waals surface area contributed by atoms with Crippen molar-refractivity contribution >= 4 is 11.0 Å². The fraction of sp³-hybridized carbons (Fsp3) is 0.176. The Labute approximate surface area is 333 Å². The highest BCUT2D eigenvalue weighted by atomic mass is 16.3. The van der Waals surface area contributed by atoms with Gasteiger partial charge in [-0.3, -0.25) is 9.55 Å². The maximum absolute atomic E-state index is 11.7. The highest BCUT2D eigenvalue weighted by molar-refractivity contribution is 5.97. The molecule has 0 amide bonds. The van der Waals surface area contributed by atoms with E-state index < -0.39 is 13.7 Å². The van der Waals surface area contributed by atoms with Gasteiger partial charge in [-0.05, 0) is 144 Å². The smallest absolute Gasteiger partial charge is 0.149 e. The van der Waals surface area contributed by atoms with Crippen LogP contribution < -0.4 is 0 Å². The zero-order chi connectivity index (χ0) is 43.6. The summed E-state index contributed by atoms with van der Waals surface area (Å²) < 4.78 is 53.5. The number of imidazole rings is 1. The molecule has 8 rings (SSSR count). The standard InChI is InChI=1S/C51H47N3O/c1-31-17-19-36(20-18-31)38-21-22-52-46(29-38)40-26-39(27-41(28-40)51(6,7)8)43-15-12-16-47-48(43)53-50(45-24-32(2)23-34(4)49(45)55)54(47)42-25-33(3)35(5)44(30-42)37-13-10-9-11-14-37/h9-30,55H,1-8H3/i3D3,5D3. The normalized spacial score (nSPS) is 13.8. The maximum atomic E-state index is 11.7. The molecule has 0 unspecified atom stereocenters. The first-order valence-corrected chi connectivity index (χ1v) is 18.5. The van der Waals surface area contributed by atoms with Gasteiger partial charge in [0.15, 0.2) is 0 Å². The lowest BCUT2D eigenvalue weighted by Gasteiger charge is -2.22. The number of rotatable bonds is 6. The molecule has 272 valence electrons. The van der Waals surface area contributed by atoms with Crippen molar-refractivity contribution < 1.29 is 13.3 Å². The zero-order valence-corrected chi connectivity index (χ0v) is 32.0. The first-order valence-electron chi connectivity index (χ1n) is 21.5. The van der Waals surface area contributed by atoms with Crippen molar-refractivity contribution in [2.75, 3.05) is 0 Å².